The summed E-state index contributed by atoms with van der Waals surface area (Å²) in [6.07, 6.45) is 3.02. The van der Waals surface area contributed by atoms with Gasteiger partial charge in [0, 0.05) is 30.2 Å². The molecule has 8 nitrogen and oxygen atoms in total. The van der Waals surface area contributed by atoms with Crippen molar-refractivity contribution < 1.29 is 24.9 Å². The average molecular weight is 379 g/mol. The summed E-state index contributed by atoms with van der Waals surface area (Å²) in [4.78, 5) is 28.5. The van der Waals surface area contributed by atoms with Crippen molar-refractivity contribution >= 4 is 17.5 Å². The van der Waals surface area contributed by atoms with E-state index in [9.17, 15) is 24.9 Å². The molecular formula is C20H17N3O5. The van der Waals surface area contributed by atoms with Crippen LogP contribution in [0.2, 0.25) is 0 Å². The van der Waals surface area contributed by atoms with E-state index in [0.29, 0.717) is 16.8 Å². The number of phenolic OH excluding ortho intramolecular Hbond substituents is 3. The Hall–Kier alpha value is -4.07. The monoisotopic (exact) mass is 379 g/mol. The number of phenols is 3. The van der Waals surface area contributed by atoms with Crippen LogP contribution in [0, 0.1) is 0 Å². The molecule has 0 aliphatic heterocycles. The van der Waals surface area contributed by atoms with Crippen molar-refractivity contribution in [2.75, 3.05) is 5.32 Å². The number of aromatic hydroxyl groups is 3. The average Bonchev–Trinajstić information content (AvgIpc) is 2.71. The first-order valence-electron chi connectivity index (χ1n) is 8.28. The molecule has 142 valence electrons. The molecule has 0 unspecified atom stereocenters. The number of hydrogen-bond acceptors (Lipinski definition) is 6. The number of nitrogens with one attached hydrogen (secondary N) is 2. The molecule has 0 spiro atoms. The van der Waals surface area contributed by atoms with Crippen LogP contribution < -0.4 is 10.6 Å². The molecule has 0 saturated heterocycles. The van der Waals surface area contributed by atoms with Gasteiger partial charge < -0.3 is 26.0 Å². The molecule has 3 rings (SSSR count). The first-order valence-corrected chi connectivity index (χ1v) is 8.28. The number of aromatic nitrogens is 1. The first-order chi connectivity index (χ1) is 13.5. The highest BCUT2D eigenvalue weighted by Crippen LogP contribution is 2.35. The zero-order valence-corrected chi connectivity index (χ0v) is 14.6. The lowest BCUT2D eigenvalue weighted by Crippen LogP contribution is -2.24. The van der Waals surface area contributed by atoms with Crippen LogP contribution in [0.4, 0.5) is 5.69 Å². The van der Waals surface area contributed by atoms with Gasteiger partial charge in [0.05, 0.1) is 5.56 Å². The highest BCUT2D eigenvalue weighted by Gasteiger charge is 2.14. The summed E-state index contributed by atoms with van der Waals surface area (Å²) in [7, 11) is 0. The van der Waals surface area contributed by atoms with E-state index >= 15 is 0 Å². The number of anilines is 1. The predicted octanol–water partition coefficient (Wildman–Crippen LogP) is 2.38. The lowest BCUT2D eigenvalue weighted by Gasteiger charge is -2.12. The van der Waals surface area contributed by atoms with Crippen molar-refractivity contribution in [3.63, 3.8) is 0 Å². The molecular weight excluding hydrogens is 362 g/mol. The Labute approximate surface area is 160 Å². The van der Waals surface area contributed by atoms with Crippen molar-refractivity contribution in [2.45, 2.75) is 6.54 Å². The van der Waals surface area contributed by atoms with Crippen LogP contribution >= 0.6 is 0 Å². The molecule has 1 aromatic heterocycles. The maximum absolute atomic E-state index is 12.3. The van der Waals surface area contributed by atoms with Crippen LogP contribution in [0.5, 0.6) is 17.2 Å². The van der Waals surface area contributed by atoms with Gasteiger partial charge in [0.15, 0.2) is 17.2 Å². The molecule has 0 aliphatic rings. The van der Waals surface area contributed by atoms with Gasteiger partial charge in [0.2, 0.25) is 0 Å². The number of pyridine rings is 1. The summed E-state index contributed by atoms with van der Waals surface area (Å²) in [6.45, 7) is 0.0880. The topological polar surface area (TPSA) is 132 Å². The zero-order valence-electron chi connectivity index (χ0n) is 14.6. The third kappa shape index (κ3) is 4.18. The minimum absolute atomic E-state index is 0.0234. The number of carbonyl (C=O) groups excluding carboxylic acids is 2. The van der Waals surface area contributed by atoms with Gasteiger partial charge >= 0.3 is 0 Å². The van der Waals surface area contributed by atoms with E-state index in [1.54, 1.807) is 42.6 Å². The Balaban J connectivity index is 1.72. The first kappa shape index (κ1) is 18.7. The Kier molecular flexibility index (Phi) is 5.40. The van der Waals surface area contributed by atoms with Gasteiger partial charge in [-0.15, -0.1) is 0 Å². The number of benzene rings is 2. The van der Waals surface area contributed by atoms with E-state index in [-0.39, 0.29) is 18.0 Å². The van der Waals surface area contributed by atoms with E-state index < -0.39 is 23.2 Å². The fourth-order valence-corrected chi connectivity index (χ4v) is 2.50. The molecule has 2 aromatic carbocycles. The fraction of sp³-hybridized carbons (Fsp3) is 0.0500. The number of para-hydroxylation sites is 1. The molecule has 0 aliphatic carbocycles. The summed E-state index contributed by atoms with van der Waals surface area (Å²) >= 11 is 0. The van der Waals surface area contributed by atoms with Crippen LogP contribution in [-0.2, 0) is 6.54 Å². The Morgan fingerprint density at radius 1 is 0.893 bits per heavy atom. The van der Waals surface area contributed by atoms with Gasteiger partial charge in [-0.3, -0.25) is 14.6 Å². The SMILES string of the molecule is O=C(NCc1ccccc1NC(=O)c1cccnc1)c1cc(O)c(O)c(O)c1. The van der Waals surface area contributed by atoms with Gasteiger partial charge in [0.25, 0.3) is 11.8 Å². The second kappa shape index (κ2) is 8.09. The normalized spacial score (nSPS) is 10.3. The summed E-state index contributed by atoms with van der Waals surface area (Å²) in [6, 6.07) is 12.3. The number of hydrogen-bond donors (Lipinski definition) is 5. The highest BCUT2D eigenvalue weighted by atomic mass is 16.3. The fourth-order valence-electron chi connectivity index (χ4n) is 2.50. The van der Waals surface area contributed by atoms with E-state index in [1.165, 1.54) is 6.20 Å². The summed E-state index contributed by atoms with van der Waals surface area (Å²) < 4.78 is 0. The van der Waals surface area contributed by atoms with Crippen molar-refractivity contribution in [1.82, 2.24) is 10.3 Å². The molecule has 8 heteroatoms. The Morgan fingerprint density at radius 2 is 1.61 bits per heavy atom. The largest absolute Gasteiger partial charge is 0.504 e. The number of nitrogens with zero attached hydrogens (tertiary/aromatic N) is 1. The van der Waals surface area contributed by atoms with Gasteiger partial charge in [-0.25, -0.2) is 0 Å². The molecule has 2 amide bonds. The molecule has 3 aromatic rings. The molecule has 5 N–H and O–H groups in total. The minimum Gasteiger partial charge on any atom is -0.504 e. The number of rotatable bonds is 5. The predicted molar refractivity (Wildman–Crippen MR) is 101 cm³/mol. The van der Waals surface area contributed by atoms with Crippen molar-refractivity contribution in [3.8, 4) is 17.2 Å². The lowest BCUT2D eigenvalue weighted by atomic mass is 10.1. The molecule has 0 bridgehead atoms. The summed E-state index contributed by atoms with van der Waals surface area (Å²) in [5, 5.41) is 33.8. The lowest BCUT2D eigenvalue weighted by molar-refractivity contribution is 0.0949. The standard InChI is InChI=1S/C20H17N3O5/c24-16-8-14(9-17(25)18(16)26)19(27)22-11-12-4-1-2-6-15(12)23-20(28)13-5-3-7-21-10-13/h1-10,24-26H,11H2,(H,22,27)(H,23,28). The zero-order chi connectivity index (χ0) is 20.1. The maximum Gasteiger partial charge on any atom is 0.257 e. The van der Waals surface area contributed by atoms with Crippen molar-refractivity contribution in [3.05, 3.63) is 77.6 Å². The summed E-state index contributed by atoms with van der Waals surface area (Å²) in [5.74, 6) is -2.80. The van der Waals surface area contributed by atoms with Gasteiger partial charge in [-0.05, 0) is 35.9 Å². The molecule has 28 heavy (non-hydrogen) atoms. The van der Waals surface area contributed by atoms with Crippen LogP contribution in [-0.4, -0.2) is 32.1 Å². The van der Waals surface area contributed by atoms with E-state index in [1.807, 2.05) is 0 Å². The van der Waals surface area contributed by atoms with Crippen LogP contribution in [0.3, 0.4) is 0 Å². The van der Waals surface area contributed by atoms with E-state index in [2.05, 4.69) is 15.6 Å². The number of carbonyl (C=O) groups is 2. The molecule has 0 atom stereocenters. The summed E-state index contributed by atoms with van der Waals surface area (Å²) in [5.41, 5.74) is 1.55. The third-order valence-corrected chi connectivity index (χ3v) is 3.96. The smallest absolute Gasteiger partial charge is 0.257 e. The molecule has 1 heterocycles. The van der Waals surface area contributed by atoms with Crippen molar-refractivity contribution in [1.29, 1.82) is 0 Å². The van der Waals surface area contributed by atoms with Gasteiger partial charge in [-0.2, -0.15) is 0 Å². The second-order valence-electron chi connectivity index (χ2n) is 5.90. The highest BCUT2D eigenvalue weighted by molar-refractivity contribution is 6.04. The van der Waals surface area contributed by atoms with Crippen LogP contribution in [0.15, 0.2) is 60.9 Å². The number of amides is 2. The Bertz CT molecular complexity index is 998. The maximum atomic E-state index is 12.3. The van der Waals surface area contributed by atoms with Gasteiger partial charge in [-0.1, -0.05) is 18.2 Å². The third-order valence-electron chi connectivity index (χ3n) is 3.96. The van der Waals surface area contributed by atoms with E-state index in [4.69, 9.17) is 0 Å². The second-order valence-corrected chi connectivity index (χ2v) is 5.90. The minimum atomic E-state index is -0.694. The van der Waals surface area contributed by atoms with Crippen molar-refractivity contribution in [2.24, 2.45) is 0 Å². The van der Waals surface area contributed by atoms with Crippen LogP contribution in [0.25, 0.3) is 0 Å². The van der Waals surface area contributed by atoms with Gasteiger partial charge in [0.1, 0.15) is 0 Å². The Morgan fingerprint density at radius 3 is 2.29 bits per heavy atom. The molecule has 0 radical (unpaired) electrons. The molecule has 0 saturated carbocycles. The molecule has 0 fully saturated rings. The van der Waals surface area contributed by atoms with Crippen LogP contribution in [0.1, 0.15) is 26.3 Å². The quantitative estimate of drug-likeness (QED) is 0.433. The van der Waals surface area contributed by atoms with E-state index in [0.717, 1.165) is 12.1 Å².